The topological polar surface area (TPSA) is 66.6 Å². The van der Waals surface area contributed by atoms with Gasteiger partial charge in [-0.15, -0.1) is 0 Å². The number of carbonyl (C=O) groups is 1. The summed E-state index contributed by atoms with van der Waals surface area (Å²) in [6, 6.07) is 4.91. The zero-order valence-corrected chi connectivity index (χ0v) is 10.7. The number of phenolic OH excluding ortho intramolecular Hbond substituents is 1. The molecule has 18 heavy (non-hydrogen) atoms. The van der Waals surface area contributed by atoms with Crippen LogP contribution in [0, 0.1) is 5.92 Å². The smallest absolute Gasteiger partial charge is 0.257 e. The first-order chi connectivity index (χ1) is 8.63. The maximum atomic E-state index is 12.3. The first-order valence-corrected chi connectivity index (χ1v) is 6.50. The van der Waals surface area contributed by atoms with Gasteiger partial charge in [-0.1, -0.05) is 12.5 Å². The lowest BCUT2D eigenvalue weighted by Gasteiger charge is -2.32. The van der Waals surface area contributed by atoms with Gasteiger partial charge in [0, 0.05) is 13.1 Å². The van der Waals surface area contributed by atoms with Crippen LogP contribution >= 0.6 is 0 Å². The number of hydrogen-bond donors (Lipinski definition) is 2. The van der Waals surface area contributed by atoms with E-state index in [0.29, 0.717) is 18.0 Å². The van der Waals surface area contributed by atoms with Crippen LogP contribution in [0.25, 0.3) is 0 Å². The molecule has 0 radical (unpaired) electrons. The summed E-state index contributed by atoms with van der Waals surface area (Å²) in [6.07, 6.45) is 3.67. The molecule has 1 aromatic rings. The molecule has 1 saturated carbocycles. The van der Waals surface area contributed by atoms with E-state index in [1.54, 1.807) is 23.1 Å². The van der Waals surface area contributed by atoms with Crippen LogP contribution in [-0.4, -0.2) is 29.0 Å². The molecule has 0 aromatic heterocycles. The van der Waals surface area contributed by atoms with Crippen LogP contribution in [0.1, 0.15) is 36.5 Å². The summed E-state index contributed by atoms with van der Waals surface area (Å²) < 4.78 is 0. The van der Waals surface area contributed by atoms with Crippen molar-refractivity contribution in [2.75, 3.05) is 18.8 Å². The highest BCUT2D eigenvalue weighted by Crippen LogP contribution is 2.29. The van der Waals surface area contributed by atoms with E-state index < -0.39 is 0 Å². The molecule has 0 bridgehead atoms. The summed E-state index contributed by atoms with van der Waals surface area (Å²) in [5, 5.41) is 9.85. The number of anilines is 1. The third kappa shape index (κ3) is 2.42. The minimum Gasteiger partial charge on any atom is -0.505 e. The minimum absolute atomic E-state index is 0.102. The Morgan fingerprint density at radius 2 is 2.22 bits per heavy atom. The molecule has 0 atom stereocenters. The summed E-state index contributed by atoms with van der Waals surface area (Å²) in [7, 11) is 0. The SMILES string of the molecule is CCN(CC1CCC1)C(=O)c1cccc(N)c1O. The van der Waals surface area contributed by atoms with Gasteiger partial charge < -0.3 is 15.7 Å². The zero-order chi connectivity index (χ0) is 13.1. The molecule has 0 heterocycles. The highest BCUT2D eigenvalue weighted by atomic mass is 16.3. The Kier molecular flexibility index (Phi) is 3.75. The number of hydrogen-bond acceptors (Lipinski definition) is 3. The lowest BCUT2D eigenvalue weighted by atomic mass is 9.85. The van der Waals surface area contributed by atoms with E-state index >= 15 is 0 Å². The van der Waals surface area contributed by atoms with Crippen LogP contribution in [0.4, 0.5) is 5.69 Å². The lowest BCUT2D eigenvalue weighted by Crippen LogP contribution is -2.37. The van der Waals surface area contributed by atoms with Crippen molar-refractivity contribution in [2.24, 2.45) is 5.92 Å². The average molecular weight is 248 g/mol. The fourth-order valence-corrected chi connectivity index (χ4v) is 2.25. The van der Waals surface area contributed by atoms with Crippen LogP contribution in [0.5, 0.6) is 5.75 Å². The predicted octanol–water partition coefficient (Wildman–Crippen LogP) is 2.24. The van der Waals surface area contributed by atoms with E-state index in [1.807, 2.05) is 6.92 Å². The molecule has 0 saturated heterocycles. The number of phenols is 1. The Balaban J connectivity index is 2.14. The summed E-state index contributed by atoms with van der Waals surface area (Å²) in [5.41, 5.74) is 6.17. The first-order valence-electron chi connectivity index (χ1n) is 6.50. The van der Waals surface area contributed by atoms with Crippen molar-refractivity contribution < 1.29 is 9.90 Å². The van der Waals surface area contributed by atoms with Gasteiger partial charge in [-0.3, -0.25) is 4.79 Å². The molecular weight excluding hydrogens is 228 g/mol. The number of nitrogens with zero attached hydrogens (tertiary/aromatic N) is 1. The molecule has 0 unspecified atom stereocenters. The number of amides is 1. The molecule has 4 heteroatoms. The summed E-state index contributed by atoms with van der Waals surface area (Å²) in [6.45, 7) is 3.40. The van der Waals surface area contributed by atoms with Crippen molar-refractivity contribution in [3.05, 3.63) is 23.8 Å². The molecule has 3 N–H and O–H groups in total. The Morgan fingerprint density at radius 3 is 2.78 bits per heavy atom. The molecule has 2 rings (SSSR count). The number of carbonyl (C=O) groups excluding carboxylic acids is 1. The first kappa shape index (κ1) is 12.7. The van der Waals surface area contributed by atoms with E-state index in [0.717, 1.165) is 6.54 Å². The molecule has 4 nitrogen and oxygen atoms in total. The van der Waals surface area contributed by atoms with Gasteiger partial charge in [0.2, 0.25) is 0 Å². The van der Waals surface area contributed by atoms with Crippen LogP contribution < -0.4 is 5.73 Å². The Morgan fingerprint density at radius 1 is 1.50 bits per heavy atom. The largest absolute Gasteiger partial charge is 0.505 e. The monoisotopic (exact) mass is 248 g/mol. The second kappa shape index (κ2) is 5.29. The minimum atomic E-state index is -0.130. The third-order valence-electron chi connectivity index (χ3n) is 3.67. The van der Waals surface area contributed by atoms with Gasteiger partial charge in [-0.2, -0.15) is 0 Å². The maximum Gasteiger partial charge on any atom is 0.257 e. The van der Waals surface area contributed by atoms with E-state index in [2.05, 4.69) is 0 Å². The van der Waals surface area contributed by atoms with Gasteiger partial charge in [0.1, 0.15) is 0 Å². The van der Waals surface area contributed by atoms with E-state index in [1.165, 1.54) is 19.3 Å². The second-order valence-corrected chi connectivity index (χ2v) is 4.88. The second-order valence-electron chi connectivity index (χ2n) is 4.88. The van der Waals surface area contributed by atoms with Gasteiger partial charge >= 0.3 is 0 Å². The molecule has 0 spiro atoms. The molecule has 1 aliphatic rings. The Hall–Kier alpha value is -1.71. The number of rotatable bonds is 4. The van der Waals surface area contributed by atoms with Crippen molar-refractivity contribution in [1.29, 1.82) is 0 Å². The Bertz CT molecular complexity index is 441. The van der Waals surface area contributed by atoms with Crippen molar-refractivity contribution in [3.63, 3.8) is 0 Å². The van der Waals surface area contributed by atoms with E-state index in [4.69, 9.17) is 5.73 Å². The highest BCUT2D eigenvalue weighted by molar-refractivity contribution is 5.98. The standard InChI is InChI=1S/C14H20N2O2/c1-2-16(9-10-5-3-6-10)14(18)11-7-4-8-12(15)13(11)17/h4,7-8,10,17H,2-3,5-6,9,15H2,1H3. The number of para-hydroxylation sites is 1. The number of nitrogens with two attached hydrogens (primary N) is 1. The molecule has 0 aliphatic heterocycles. The molecule has 1 aromatic carbocycles. The van der Waals surface area contributed by atoms with Crippen molar-refractivity contribution >= 4 is 11.6 Å². The van der Waals surface area contributed by atoms with Gasteiger partial charge in [-0.25, -0.2) is 0 Å². The van der Waals surface area contributed by atoms with Gasteiger partial charge in [0.05, 0.1) is 11.3 Å². The van der Waals surface area contributed by atoms with E-state index in [9.17, 15) is 9.90 Å². The summed E-state index contributed by atoms with van der Waals surface area (Å²) >= 11 is 0. The molecule has 1 fully saturated rings. The fourth-order valence-electron chi connectivity index (χ4n) is 2.25. The number of benzene rings is 1. The molecule has 1 amide bonds. The number of nitrogen functional groups attached to an aromatic ring is 1. The summed E-state index contributed by atoms with van der Waals surface area (Å²) in [4.78, 5) is 14.1. The molecular formula is C14H20N2O2. The van der Waals surface area contributed by atoms with Crippen LogP contribution in [0.15, 0.2) is 18.2 Å². The van der Waals surface area contributed by atoms with Gasteiger partial charge in [-0.05, 0) is 37.8 Å². The maximum absolute atomic E-state index is 12.3. The van der Waals surface area contributed by atoms with Crippen LogP contribution in [0.2, 0.25) is 0 Å². The third-order valence-corrected chi connectivity index (χ3v) is 3.67. The molecule has 98 valence electrons. The van der Waals surface area contributed by atoms with Gasteiger partial charge in [0.25, 0.3) is 5.91 Å². The highest BCUT2D eigenvalue weighted by Gasteiger charge is 2.25. The normalized spacial score (nSPS) is 15.2. The van der Waals surface area contributed by atoms with Crippen LogP contribution in [-0.2, 0) is 0 Å². The van der Waals surface area contributed by atoms with Gasteiger partial charge in [0.15, 0.2) is 5.75 Å². The fraction of sp³-hybridized carbons (Fsp3) is 0.500. The Labute approximate surface area is 107 Å². The quantitative estimate of drug-likeness (QED) is 0.634. The summed E-state index contributed by atoms with van der Waals surface area (Å²) in [5.74, 6) is 0.390. The molecule has 1 aliphatic carbocycles. The van der Waals surface area contributed by atoms with Crippen LogP contribution in [0.3, 0.4) is 0 Å². The van der Waals surface area contributed by atoms with Crippen molar-refractivity contribution in [1.82, 2.24) is 4.90 Å². The van der Waals surface area contributed by atoms with Crippen molar-refractivity contribution in [2.45, 2.75) is 26.2 Å². The number of aromatic hydroxyl groups is 1. The van der Waals surface area contributed by atoms with E-state index in [-0.39, 0.29) is 17.3 Å². The zero-order valence-electron chi connectivity index (χ0n) is 10.7. The predicted molar refractivity (Wildman–Crippen MR) is 71.4 cm³/mol. The average Bonchev–Trinajstić information content (AvgIpc) is 2.31. The lowest BCUT2D eigenvalue weighted by molar-refractivity contribution is 0.0703. The van der Waals surface area contributed by atoms with Crippen molar-refractivity contribution in [3.8, 4) is 5.75 Å².